The predicted molar refractivity (Wildman–Crippen MR) is 135 cm³/mol. The Balaban J connectivity index is 0.00000199. The van der Waals surface area contributed by atoms with Crippen molar-refractivity contribution in [2.45, 2.75) is 34.2 Å². The second-order valence-corrected chi connectivity index (χ2v) is 8.15. The number of rotatable bonds is 6. The molecule has 34 heavy (non-hydrogen) atoms. The van der Waals surface area contributed by atoms with Crippen LogP contribution in [0, 0.1) is 23.7 Å². The summed E-state index contributed by atoms with van der Waals surface area (Å²) in [7, 11) is 1.29. The van der Waals surface area contributed by atoms with Crippen molar-refractivity contribution in [1.29, 1.82) is 0 Å². The summed E-state index contributed by atoms with van der Waals surface area (Å²) < 4.78 is 10.1. The quantitative estimate of drug-likeness (QED) is 0.392. The highest BCUT2D eigenvalue weighted by molar-refractivity contribution is 6.04. The minimum Gasteiger partial charge on any atom is -0.468 e. The average Bonchev–Trinajstić information content (AvgIpc) is 2.86. The Labute approximate surface area is 203 Å². The Morgan fingerprint density at radius 1 is 0.971 bits per heavy atom. The van der Waals surface area contributed by atoms with Crippen LogP contribution in [0.3, 0.4) is 0 Å². The van der Waals surface area contributed by atoms with Crippen LogP contribution in [0.15, 0.2) is 48.5 Å². The summed E-state index contributed by atoms with van der Waals surface area (Å²) in [5.74, 6) is 4.42. The normalized spacial score (nSPS) is 14.2. The fourth-order valence-electron chi connectivity index (χ4n) is 3.52. The van der Waals surface area contributed by atoms with Crippen LogP contribution in [0.4, 0.5) is 5.69 Å². The van der Waals surface area contributed by atoms with Gasteiger partial charge in [0, 0.05) is 36.4 Å². The summed E-state index contributed by atoms with van der Waals surface area (Å²) in [5.41, 5.74) is 3.67. The Bertz CT molecular complexity index is 966. The van der Waals surface area contributed by atoms with Crippen molar-refractivity contribution in [2.75, 3.05) is 38.7 Å². The zero-order valence-electron chi connectivity index (χ0n) is 20.9. The van der Waals surface area contributed by atoms with Crippen LogP contribution in [0.5, 0.6) is 0 Å². The topological polar surface area (TPSA) is 67.9 Å². The SMILES string of the molecule is CC.COC(=O)C(C(=O)Nc1ccc(C#Cc2ccc(CN3CCOCC3)cc2)cc1)C(C)C. The van der Waals surface area contributed by atoms with E-state index in [9.17, 15) is 9.59 Å². The Morgan fingerprint density at radius 3 is 2.00 bits per heavy atom. The molecule has 1 N–H and O–H groups in total. The van der Waals surface area contributed by atoms with Gasteiger partial charge < -0.3 is 14.8 Å². The van der Waals surface area contributed by atoms with Crippen LogP contribution in [0.1, 0.15) is 44.4 Å². The highest BCUT2D eigenvalue weighted by atomic mass is 16.5. The molecule has 2 aromatic rings. The Hall–Kier alpha value is -3.14. The highest BCUT2D eigenvalue weighted by Crippen LogP contribution is 2.17. The Kier molecular flexibility index (Phi) is 11.3. The van der Waals surface area contributed by atoms with Gasteiger partial charge in [0.2, 0.25) is 5.91 Å². The third-order valence-electron chi connectivity index (χ3n) is 5.37. The van der Waals surface area contributed by atoms with Crippen molar-refractivity contribution in [3.05, 3.63) is 65.2 Å². The van der Waals surface area contributed by atoms with Crippen LogP contribution in [0.25, 0.3) is 0 Å². The number of anilines is 1. The molecule has 0 bridgehead atoms. The number of nitrogens with zero attached hydrogens (tertiary/aromatic N) is 1. The predicted octanol–water partition coefficient (Wildman–Crippen LogP) is 4.33. The first kappa shape index (κ1) is 27.1. The summed E-state index contributed by atoms with van der Waals surface area (Å²) in [4.78, 5) is 26.7. The van der Waals surface area contributed by atoms with Gasteiger partial charge in [0.1, 0.15) is 5.92 Å². The van der Waals surface area contributed by atoms with Gasteiger partial charge in [0.25, 0.3) is 0 Å². The maximum Gasteiger partial charge on any atom is 0.318 e. The van der Waals surface area contributed by atoms with E-state index >= 15 is 0 Å². The van der Waals surface area contributed by atoms with E-state index < -0.39 is 11.9 Å². The van der Waals surface area contributed by atoms with Crippen molar-refractivity contribution in [2.24, 2.45) is 11.8 Å². The molecule has 2 aromatic carbocycles. The van der Waals surface area contributed by atoms with Gasteiger partial charge in [-0.3, -0.25) is 14.5 Å². The minimum atomic E-state index is -0.842. The molecule has 1 unspecified atom stereocenters. The molecule has 1 aliphatic heterocycles. The standard InChI is InChI=1S/C26H30N2O4.C2H6/c1-19(2)24(26(30)31-3)25(29)27-23-12-10-21(11-13-23)5-4-20-6-8-22(9-7-20)18-28-14-16-32-17-15-28;1-2/h6-13,19,24H,14-18H2,1-3H3,(H,27,29);1-2H3. The number of nitrogens with one attached hydrogen (secondary N) is 1. The molecule has 6 nitrogen and oxygen atoms in total. The molecule has 6 heteroatoms. The lowest BCUT2D eigenvalue weighted by Crippen LogP contribution is -2.35. The number of esters is 1. The first-order chi connectivity index (χ1) is 16.5. The zero-order valence-corrected chi connectivity index (χ0v) is 20.9. The van der Waals surface area contributed by atoms with Crippen LogP contribution in [0.2, 0.25) is 0 Å². The van der Waals surface area contributed by atoms with Gasteiger partial charge in [-0.05, 0) is 47.9 Å². The number of carbonyl (C=O) groups is 2. The van der Waals surface area contributed by atoms with Crippen LogP contribution in [-0.2, 0) is 25.6 Å². The van der Waals surface area contributed by atoms with Crippen molar-refractivity contribution in [3.63, 3.8) is 0 Å². The largest absolute Gasteiger partial charge is 0.468 e. The Morgan fingerprint density at radius 2 is 1.50 bits per heavy atom. The van der Waals surface area contributed by atoms with Crippen molar-refractivity contribution >= 4 is 17.6 Å². The fourth-order valence-corrected chi connectivity index (χ4v) is 3.52. The third kappa shape index (κ3) is 8.33. The summed E-state index contributed by atoms with van der Waals surface area (Å²) in [6, 6.07) is 15.6. The molecule has 0 saturated carbocycles. The van der Waals surface area contributed by atoms with Crippen molar-refractivity contribution in [3.8, 4) is 11.8 Å². The molecule has 0 radical (unpaired) electrons. The molecule has 0 spiro atoms. The van der Waals surface area contributed by atoms with Gasteiger partial charge in [-0.15, -0.1) is 0 Å². The molecule has 0 aliphatic carbocycles. The number of morpholine rings is 1. The lowest BCUT2D eigenvalue weighted by Gasteiger charge is -2.26. The first-order valence-electron chi connectivity index (χ1n) is 11.9. The van der Waals surface area contributed by atoms with Crippen LogP contribution in [-0.4, -0.2) is 50.2 Å². The number of carbonyl (C=O) groups excluding carboxylic acids is 2. The molecule has 3 rings (SSSR count). The molecular weight excluding hydrogens is 428 g/mol. The lowest BCUT2D eigenvalue weighted by atomic mass is 9.95. The van der Waals surface area contributed by atoms with E-state index in [1.165, 1.54) is 12.7 Å². The van der Waals surface area contributed by atoms with Gasteiger partial charge >= 0.3 is 5.97 Å². The van der Waals surface area contributed by atoms with Crippen LogP contribution >= 0.6 is 0 Å². The highest BCUT2D eigenvalue weighted by Gasteiger charge is 2.30. The molecule has 1 fully saturated rings. The fraction of sp³-hybridized carbons (Fsp3) is 0.429. The van der Waals surface area contributed by atoms with Gasteiger partial charge in [-0.25, -0.2) is 0 Å². The number of amides is 1. The molecule has 1 saturated heterocycles. The molecule has 1 heterocycles. The van der Waals surface area contributed by atoms with E-state index in [0.29, 0.717) is 5.69 Å². The minimum absolute atomic E-state index is 0.159. The number of hydrogen-bond donors (Lipinski definition) is 1. The third-order valence-corrected chi connectivity index (χ3v) is 5.37. The van der Waals surface area contributed by atoms with Crippen molar-refractivity contribution < 1.29 is 19.1 Å². The zero-order chi connectivity index (χ0) is 24.9. The monoisotopic (exact) mass is 464 g/mol. The van der Waals surface area contributed by atoms with E-state index in [4.69, 9.17) is 9.47 Å². The van der Waals surface area contributed by atoms with E-state index in [1.807, 2.05) is 52.0 Å². The summed E-state index contributed by atoms with van der Waals surface area (Å²) in [5, 5.41) is 2.78. The molecule has 182 valence electrons. The van der Waals surface area contributed by atoms with E-state index in [-0.39, 0.29) is 11.8 Å². The number of hydrogen-bond acceptors (Lipinski definition) is 5. The molecule has 1 amide bonds. The van der Waals surface area contributed by atoms with Gasteiger partial charge in [-0.1, -0.05) is 51.7 Å². The summed E-state index contributed by atoms with van der Waals surface area (Å²) in [6.07, 6.45) is 0. The van der Waals surface area contributed by atoms with E-state index in [2.05, 4.69) is 34.2 Å². The van der Waals surface area contributed by atoms with E-state index in [0.717, 1.165) is 44.0 Å². The molecule has 0 aromatic heterocycles. The second-order valence-electron chi connectivity index (χ2n) is 8.15. The number of ether oxygens (including phenoxy) is 2. The lowest BCUT2D eigenvalue weighted by molar-refractivity contribution is -0.150. The molecule has 1 atom stereocenters. The molecular formula is C28H36N2O4. The number of methoxy groups -OCH3 is 1. The average molecular weight is 465 g/mol. The van der Waals surface area contributed by atoms with Crippen molar-refractivity contribution in [1.82, 2.24) is 4.90 Å². The maximum atomic E-state index is 12.5. The summed E-state index contributed by atoms with van der Waals surface area (Å²) in [6.45, 7) is 12.1. The van der Waals surface area contributed by atoms with Gasteiger partial charge in [-0.2, -0.15) is 0 Å². The smallest absolute Gasteiger partial charge is 0.318 e. The number of benzene rings is 2. The molecule has 1 aliphatic rings. The maximum absolute atomic E-state index is 12.5. The van der Waals surface area contributed by atoms with Gasteiger partial charge in [0.15, 0.2) is 0 Å². The van der Waals surface area contributed by atoms with Crippen LogP contribution < -0.4 is 5.32 Å². The van der Waals surface area contributed by atoms with Gasteiger partial charge in [0.05, 0.1) is 20.3 Å². The summed E-state index contributed by atoms with van der Waals surface area (Å²) >= 11 is 0. The van der Waals surface area contributed by atoms with E-state index in [1.54, 1.807) is 12.1 Å². The second kappa shape index (κ2) is 14.2. The first-order valence-corrected chi connectivity index (χ1v) is 11.9.